The van der Waals surface area contributed by atoms with Gasteiger partial charge in [0.2, 0.25) is 0 Å². The number of carbonyl (C=O) groups excluding carboxylic acids is 1. The van der Waals surface area contributed by atoms with Crippen molar-refractivity contribution in [3.8, 4) is 17.3 Å². The lowest BCUT2D eigenvalue weighted by atomic mass is 9.96. The van der Waals surface area contributed by atoms with Crippen molar-refractivity contribution in [2.45, 2.75) is 25.4 Å². The van der Waals surface area contributed by atoms with Crippen molar-refractivity contribution in [3.05, 3.63) is 106 Å². The molecular weight excluding hydrogens is 498 g/mol. The molecular formula is C28H17F4N5O. The largest absolute Gasteiger partial charge is 0.416 e. The van der Waals surface area contributed by atoms with Crippen LogP contribution in [0.15, 0.2) is 66.0 Å². The van der Waals surface area contributed by atoms with Crippen molar-refractivity contribution >= 4 is 17.7 Å². The third-order valence-corrected chi connectivity index (χ3v) is 6.09. The van der Waals surface area contributed by atoms with Gasteiger partial charge in [-0.05, 0) is 47.5 Å². The summed E-state index contributed by atoms with van der Waals surface area (Å²) in [6.45, 7) is 0. The molecule has 3 heterocycles. The zero-order valence-corrected chi connectivity index (χ0v) is 19.6. The zero-order valence-electron chi connectivity index (χ0n) is 19.6. The van der Waals surface area contributed by atoms with E-state index >= 15 is 0 Å². The van der Waals surface area contributed by atoms with Gasteiger partial charge in [-0.1, -0.05) is 12.1 Å². The van der Waals surface area contributed by atoms with Crippen LogP contribution in [0.1, 0.15) is 44.0 Å². The minimum absolute atomic E-state index is 0.0217. The number of Topliss-reactive ketones (excluding diaryl/α,β-unsaturated/α-hetero) is 1. The second-order valence-electron chi connectivity index (χ2n) is 8.64. The number of aromatic nitrogens is 3. The highest BCUT2D eigenvalue weighted by molar-refractivity contribution is 5.98. The quantitative estimate of drug-likeness (QED) is 0.238. The number of nitriles is 1. The fraction of sp³-hybridized carbons (Fsp3) is 0.143. The molecule has 0 bridgehead atoms. The van der Waals surface area contributed by atoms with Gasteiger partial charge in [0.25, 0.3) is 0 Å². The number of hydrogen-bond acceptors (Lipinski definition) is 6. The number of fused-ring (bicyclic) bond motifs is 1. The normalized spacial score (nSPS) is 12.3. The number of rotatable bonds is 6. The molecule has 0 saturated heterocycles. The highest BCUT2D eigenvalue weighted by atomic mass is 19.4. The monoisotopic (exact) mass is 515 g/mol. The number of hydrogen-bond donors (Lipinski definition) is 0. The van der Waals surface area contributed by atoms with Gasteiger partial charge in [-0.15, -0.1) is 0 Å². The molecule has 0 unspecified atom stereocenters. The first-order chi connectivity index (χ1) is 18.2. The van der Waals surface area contributed by atoms with E-state index in [1.54, 1.807) is 30.6 Å². The Bertz CT molecular complexity index is 1640. The maximum Gasteiger partial charge on any atom is 0.416 e. The molecule has 0 atom stereocenters. The van der Waals surface area contributed by atoms with Gasteiger partial charge in [-0.3, -0.25) is 14.8 Å². The van der Waals surface area contributed by atoms with Gasteiger partial charge >= 0.3 is 6.18 Å². The van der Waals surface area contributed by atoms with Crippen molar-refractivity contribution in [1.29, 1.82) is 5.26 Å². The number of aliphatic imine (C=N–C) groups is 1. The topological polar surface area (TPSA) is 91.9 Å². The first-order valence-corrected chi connectivity index (χ1v) is 11.5. The molecule has 0 amide bonds. The number of halogens is 4. The van der Waals surface area contributed by atoms with E-state index in [9.17, 15) is 22.4 Å². The number of carbonyl (C=O) groups is 1. The van der Waals surface area contributed by atoms with Gasteiger partial charge in [-0.25, -0.2) is 14.4 Å². The fourth-order valence-electron chi connectivity index (χ4n) is 4.27. The Morgan fingerprint density at radius 3 is 2.68 bits per heavy atom. The summed E-state index contributed by atoms with van der Waals surface area (Å²) in [6.07, 6.45) is 0.522. The molecule has 1 aliphatic heterocycles. The van der Waals surface area contributed by atoms with Gasteiger partial charge in [0.05, 0.1) is 28.6 Å². The van der Waals surface area contributed by atoms with Crippen LogP contribution in [-0.2, 0) is 25.4 Å². The summed E-state index contributed by atoms with van der Waals surface area (Å²) in [7, 11) is 0. The average Bonchev–Trinajstić information content (AvgIpc) is 3.39. The lowest BCUT2D eigenvalue weighted by Gasteiger charge is -2.12. The van der Waals surface area contributed by atoms with E-state index in [1.165, 1.54) is 18.5 Å². The van der Waals surface area contributed by atoms with Crippen molar-refractivity contribution in [2.24, 2.45) is 4.99 Å². The average molecular weight is 515 g/mol. The van der Waals surface area contributed by atoms with E-state index in [0.29, 0.717) is 41.2 Å². The van der Waals surface area contributed by atoms with E-state index in [1.807, 2.05) is 6.07 Å². The molecule has 6 nitrogen and oxygen atoms in total. The molecule has 0 saturated carbocycles. The van der Waals surface area contributed by atoms with Crippen molar-refractivity contribution in [2.75, 3.05) is 0 Å². The Labute approximate surface area is 214 Å². The summed E-state index contributed by atoms with van der Waals surface area (Å²) in [4.78, 5) is 30.4. The SMILES string of the molecule is N#Cc1cc(C(=O)Cc2cc(Cc3ncccc3-c3ncnc4c3N=CC4)ccc2F)cc(C(F)(F)F)c1. The van der Waals surface area contributed by atoms with E-state index < -0.39 is 29.8 Å². The lowest BCUT2D eigenvalue weighted by Crippen LogP contribution is -2.11. The Kier molecular flexibility index (Phi) is 6.51. The maximum atomic E-state index is 14.7. The molecule has 0 N–H and O–H groups in total. The third kappa shape index (κ3) is 5.04. The van der Waals surface area contributed by atoms with Crippen LogP contribution < -0.4 is 0 Å². The van der Waals surface area contributed by atoms with E-state index in [0.717, 1.165) is 17.3 Å². The van der Waals surface area contributed by atoms with Crippen molar-refractivity contribution < 1.29 is 22.4 Å². The summed E-state index contributed by atoms with van der Waals surface area (Å²) >= 11 is 0. The highest BCUT2D eigenvalue weighted by Crippen LogP contribution is 2.35. The van der Waals surface area contributed by atoms with Gasteiger partial charge in [-0.2, -0.15) is 18.4 Å². The van der Waals surface area contributed by atoms with E-state index in [-0.39, 0.29) is 23.1 Å². The van der Waals surface area contributed by atoms with Crippen LogP contribution in [0.4, 0.5) is 23.2 Å². The molecule has 10 heteroatoms. The predicted octanol–water partition coefficient (Wildman–Crippen LogP) is 5.84. The molecule has 2 aromatic carbocycles. The second kappa shape index (κ2) is 9.94. The summed E-state index contributed by atoms with van der Waals surface area (Å²) in [5, 5.41) is 9.09. The maximum absolute atomic E-state index is 14.7. The van der Waals surface area contributed by atoms with Crippen molar-refractivity contribution in [3.63, 3.8) is 0 Å². The standard InChI is InChI=1S/C28H17F4N5O/c29-22-4-3-16(8-18(22)13-25(38)19-9-17(14-33)10-20(12-19)28(30,31)32)11-24-21(2-1-6-34-24)26-27-23(5-7-35-27)36-15-37-26/h1-4,6-10,12,15H,5,11,13H2. The van der Waals surface area contributed by atoms with Crippen LogP contribution >= 0.6 is 0 Å². The predicted molar refractivity (Wildman–Crippen MR) is 131 cm³/mol. The highest BCUT2D eigenvalue weighted by Gasteiger charge is 2.32. The first kappa shape index (κ1) is 24.9. The summed E-state index contributed by atoms with van der Waals surface area (Å²) in [6, 6.07) is 11.9. The minimum atomic E-state index is -4.73. The Balaban J connectivity index is 1.44. The number of ketones is 1. The summed E-state index contributed by atoms with van der Waals surface area (Å²) < 4.78 is 54.3. The van der Waals surface area contributed by atoms with Gasteiger partial charge in [0.1, 0.15) is 23.5 Å². The van der Waals surface area contributed by atoms with Crippen LogP contribution in [0.5, 0.6) is 0 Å². The number of alkyl halides is 3. The number of benzene rings is 2. The molecule has 2 aromatic heterocycles. The zero-order chi connectivity index (χ0) is 26.9. The van der Waals surface area contributed by atoms with Crippen LogP contribution in [0.2, 0.25) is 0 Å². The van der Waals surface area contributed by atoms with Gasteiger partial charge in [0.15, 0.2) is 5.78 Å². The Hall–Kier alpha value is -4.78. The van der Waals surface area contributed by atoms with Gasteiger partial charge < -0.3 is 0 Å². The summed E-state index contributed by atoms with van der Waals surface area (Å²) in [5.74, 6) is -1.41. The number of pyridine rings is 1. The van der Waals surface area contributed by atoms with Gasteiger partial charge in [0, 0.05) is 42.8 Å². The smallest absolute Gasteiger partial charge is 0.294 e. The molecule has 0 spiro atoms. The summed E-state index contributed by atoms with van der Waals surface area (Å²) in [5.41, 5.74) is 2.42. The molecule has 0 fully saturated rings. The van der Waals surface area contributed by atoms with Crippen LogP contribution in [0, 0.1) is 17.1 Å². The minimum Gasteiger partial charge on any atom is -0.294 e. The van der Waals surface area contributed by atoms with Crippen LogP contribution in [-0.4, -0.2) is 26.9 Å². The molecule has 0 radical (unpaired) electrons. The molecule has 1 aliphatic rings. The van der Waals surface area contributed by atoms with E-state index in [2.05, 4.69) is 19.9 Å². The van der Waals surface area contributed by atoms with Crippen molar-refractivity contribution in [1.82, 2.24) is 15.0 Å². The van der Waals surface area contributed by atoms with E-state index in [4.69, 9.17) is 5.26 Å². The molecule has 4 aromatic rings. The van der Waals surface area contributed by atoms with Crippen LogP contribution in [0.25, 0.3) is 11.3 Å². The molecule has 0 aliphatic carbocycles. The molecule has 38 heavy (non-hydrogen) atoms. The third-order valence-electron chi connectivity index (χ3n) is 6.09. The molecule has 5 rings (SSSR count). The fourth-order valence-corrected chi connectivity index (χ4v) is 4.27. The number of nitrogens with zero attached hydrogens (tertiary/aromatic N) is 5. The van der Waals surface area contributed by atoms with Crippen LogP contribution in [0.3, 0.4) is 0 Å². The Morgan fingerprint density at radius 1 is 1.05 bits per heavy atom. The second-order valence-corrected chi connectivity index (χ2v) is 8.64. The first-order valence-electron chi connectivity index (χ1n) is 11.5. The molecule has 188 valence electrons. The Morgan fingerprint density at radius 2 is 1.89 bits per heavy atom. The lowest BCUT2D eigenvalue weighted by molar-refractivity contribution is -0.137.